The Morgan fingerprint density at radius 2 is 2.11 bits per heavy atom. The number of methoxy groups -OCH3 is 1. The average molecular weight is 270 g/mol. The maximum absolute atomic E-state index is 12.2. The molecule has 5 nitrogen and oxygen atoms in total. The van der Waals surface area contributed by atoms with E-state index in [0.717, 1.165) is 19.3 Å². The van der Waals surface area contributed by atoms with Gasteiger partial charge in [-0.05, 0) is 26.2 Å². The molecule has 2 rings (SSSR count). The quantitative estimate of drug-likeness (QED) is 0.793. The van der Waals surface area contributed by atoms with Crippen LogP contribution in [0.15, 0.2) is 0 Å². The van der Waals surface area contributed by atoms with Crippen LogP contribution in [0.5, 0.6) is 0 Å². The summed E-state index contributed by atoms with van der Waals surface area (Å²) >= 11 is 0. The van der Waals surface area contributed by atoms with Crippen LogP contribution in [0.25, 0.3) is 0 Å². The summed E-state index contributed by atoms with van der Waals surface area (Å²) in [4.78, 5) is 12.2. The normalized spacial score (nSPS) is 40.8. The third kappa shape index (κ3) is 2.39. The first kappa shape index (κ1) is 14.8. The second kappa shape index (κ2) is 5.04. The molecule has 19 heavy (non-hydrogen) atoms. The van der Waals surface area contributed by atoms with Gasteiger partial charge in [0.2, 0.25) is 5.91 Å². The monoisotopic (exact) mass is 270 g/mol. The van der Waals surface area contributed by atoms with E-state index in [-0.39, 0.29) is 35.2 Å². The Hall–Kier alpha value is -0.650. The number of carbonyl (C=O) groups is 1. The van der Waals surface area contributed by atoms with Gasteiger partial charge < -0.3 is 20.5 Å². The molecule has 1 aliphatic heterocycles. The predicted octanol–water partition coefficient (Wildman–Crippen LogP) is 0.813. The molecule has 0 bridgehead atoms. The van der Waals surface area contributed by atoms with Crippen molar-refractivity contribution in [2.75, 3.05) is 13.7 Å². The molecule has 2 aliphatic rings. The van der Waals surface area contributed by atoms with E-state index in [1.807, 2.05) is 0 Å². The van der Waals surface area contributed by atoms with Gasteiger partial charge in [-0.2, -0.15) is 0 Å². The molecule has 4 atom stereocenters. The van der Waals surface area contributed by atoms with Gasteiger partial charge in [0.25, 0.3) is 0 Å². The van der Waals surface area contributed by atoms with Crippen molar-refractivity contribution in [3.05, 3.63) is 0 Å². The molecule has 1 heterocycles. The van der Waals surface area contributed by atoms with Crippen molar-refractivity contribution in [2.45, 2.75) is 63.9 Å². The van der Waals surface area contributed by atoms with E-state index in [2.05, 4.69) is 26.1 Å². The lowest BCUT2D eigenvalue weighted by atomic mass is 9.56. The van der Waals surface area contributed by atoms with Crippen molar-refractivity contribution in [3.63, 3.8) is 0 Å². The fourth-order valence-corrected chi connectivity index (χ4v) is 3.06. The number of carbonyl (C=O) groups excluding carboxylic acids is 1. The summed E-state index contributed by atoms with van der Waals surface area (Å²) in [5, 5.41) is 3.10. The van der Waals surface area contributed by atoms with Gasteiger partial charge in [0.1, 0.15) is 6.10 Å². The Labute approximate surface area is 115 Å². The number of nitrogens with one attached hydrogen (secondary N) is 1. The largest absolute Gasteiger partial charge is 0.378 e. The van der Waals surface area contributed by atoms with Gasteiger partial charge in [-0.3, -0.25) is 4.79 Å². The zero-order valence-corrected chi connectivity index (χ0v) is 12.4. The van der Waals surface area contributed by atoms with Crippen LogP contribution in [-0.4, -0.2) is 43.4 Å². The summed E-state index contributed by atoms with van der Waals surface area (Å²) in [6.07, 6.45) is 2.18. The minimum absolute atomic E-state index is 0.00724. The smallest absolute Gasteiger partial charge is 0.249 e. The van der Waals surface area contributed by atoms with Gasteiger partial charge in [0.05, 0.1) is 11.7 Å². The number of hydrogen-bond acceptors (Lipinski definition) is 4. The summed E-state index contributed by atoms with van der Waals surface area (Å²) in [7, 11) is 1.73. The van der Waals surface area contributed by atoms with E-state index in [4.69, 9.17) is 15.2 Å². The van der Waals surface area contributed by atoms with Gasteiger partial charge in [-0.1, -0.05) is 13.8 Å². The molecule has 1 saturated heterocycles. The van der Waals surface area contributed by atoms with E-state index in [0.29, 0.717) is 6.54 Å². The van der Waals surface area contributed by atoms with Crippen LogP contribution < -0.4 is 11.1 Å². The van der Waals surface area contributed by atoms with Gasteiger partial charge in [0.15, 0.2) is 0 Å². The molecule has 0 aromatic carbocycles. The number of nitrogens with two attached hydrogens (primary N) is 1. The van der Waals surface area contributed by atoms with Gasteiger partial charge >= 0.3 is 0 Å². The molecule has 2 unspecified atom stereocenters. The van der Waals surface area contributed by atoms with Crippen LogP contribution >= 0.6 is 0 Å². The molecule has 0 radical (unpaired) electrons. The molecule has 2 fully saturated rings. The SMILES string of the molecule is COC1(C)CC(NC(=O)[C@@H]2CC[C@H](CN)O2)C1(C)C. The van der Waals surface area contributed by atoms with Crippen LogP contribution in [-0.2, 0) is 14.3 Å². The Morgan fingerprint density at radius 1 is 1.42 bits per heavy atom. The molecule has 0 aromatic rings. The van der Waals surface area contributed by atoms with Gasteiger partial charge in [0, 0.05) is 25.1 Å². The highest BCUT2D eigenvalue weighted by atomic mass is 16.5. The zero-order chi connectivity index (χ0) is 14.3. The summed E-state index contributed by atoms with van der Waals surface area (Å²) in [5.41, 5.74) is 5.33. The lowest BCUT2D eigenvalue weighted by Crippen LogP contribution is -2.69. The predicted molar refractivity (Wildman–Crippen MR) is 72.7 cm³/mol. The maximum atomic E-state index is 12.2. The number of rotatable bonds is 4. The maximum Gasteiger partial charge on any atom is 0.249 e. The third-order valence-electron chi connectivity index (χ3n) is 5.26. The standard InChI is InChI=1S/C14H26N2O3/c1-13(2)11(7-14(13,3)18-4)16-12(17)10-6-5-9(8-15)19-10/h9-11H,5-8,15H2,1-4H3,(H,16,17)/t9-,10+,11?,14?/m1/s1. The fraction of sp³-hybridized carbons (Fsp3) is 0.929. The molecule has 1 amide bonds. The van der Waals surface area contributed by atoms with E-state index >= 15 is 0 Å². The van der Waals surface area contributed by atoms with Gasteiger partial charge in [-0.15, -0.1) is 0 Å². The van der Waals surface area contributed by atoms with Crippen LogP contribution in [0.2, 0.25) is 0 Å². The summed E-state index contributed by atoms with van der Waals surface area (Å²) in [6.45, 7) is 6.83. The minimum atomic E-state index is -0.334. The van der Waals surface area contributed by atoms with Gasteiger partial charge in [-0.25, -0.2) is 0 Å². The molecule has 0 spiro atoms. The van der Waals surface area contributed by atoms with Crippen molar-refractivity contribution in [1.82, 2.24) is 5.32 Å². The molecule has 110 valence electrons. The number of amides is 1. The first-order valence-electron chi connectivity index (χ1n) is 7.05. The van der Waals surface area contributed by atoms with Crippen molar-refractivity contribution < 1.29 is 14.3 Å². The fourth-order valence-electron chi connectivity index (χ4n) is 3.06. The molecular formula is C14H26N2O3. The Balaban J connectivity index is 1.88. The van der Waals surface area contributed by atoms with E-state index < -0.39 is 0 Å². The zero-order valence-electron chi connectivity index (χ0n) is 12.4. The highest BCUT2D eigenvalue weighted by Gasteiger charge is 2.58. The molecular weight excluding hydrogens is 244 g/mol. The highest BCUT2D eigenvalue weighted by molar-refractivity contribution is 5.81. The summed E-state index contributed by atoms with van der Waals surface area (Å²) in [6, 6.07) is 0.144. The van der Waals surface area contributed by atoms with Crippen LogP contribution in [0, 0.1) is 5.41 Å². The van der Waals surface area contributed by atoms with Crippen LogP contribution in [0.1, 0.15) is 40.0 Å². The van der Waals surface area contributed by atoms with Crippen LogP contribution in [0.3, 0.4) is 0 Å². The molecule has 5 heteroatoms. The number of ether oxygens (including phenoxy) is 2. The Kier molecular flexibility index (Phi) is 3.91. The van der Waals surface area contributed by atoms with Crippen molar-refractivity contribution in [3.8, 4) is 0 Å². The molecule has 1 aliphatic carbocycles. The highest BCUT2D eigenvalue weighted by Crippen LogP contribution is 2.51. The summed E-state index contributed by atoms with van der Waals surface area (Å²) < 4.78 is 11.2. The Bertz CT molecular complexity index is 359. The summed E-state index contributed by atoms with van der Waals surface area (Å²) in [5.74, 6) is -0.00724. The third-order valence-corrected chi connectivity index (χ3v) is 5.26. The number of hydrogen-bond donors (Lipinski definition) is 2. The molecule has 0 aromatic heterocycles. The minimum Gasteiger partial charge on any atom is -0.378 e. The first-order valence-corrected chi connectivity index (χ1v) is 7.05. The molecule has 1 saturated carbocycles. The van der Waals surface area contributed by atoms with E-state index in [1.54, 1.807) is 7.11 Å². The Morgan fingerprint density at radius 3 is 2.58 bits per heavy atom. The van der Waals surface area contributed by atoms with E-state index in [9.17, 15) is 4.79 Å². The lowest BCUT2D eigenvalue weighted by Gasteiger charge is -2.59. The van der Waals surface area contributed by atoms with Crippen molar-refractivity contribution in [2.24, 2.45) is 11.1 Å². The second-order valence-corrected chi connectivity index (χ2v) is 6.48. The second-order valence-electron chi connectivity index (χ2n) is 6.48. The van der Waals surface area contributed by atoms with Crippen molar-refractivity contribution >= 4 is 5.91 Å². The lowest BCUT2D eigenvalue weighted by molar-refractivity contribution is -0.184. The van der Waals surface area contributed by atoms with E-state index in [1.165, 1.54) is 0 Å². The average Bonchev–Trinajstić information content (AvgIpc) is 2.86. The van der Waals surface area contributed by atoms with Crippen LogP contribution in [0.4, 0.5) is 0 Å². The van der Waals surface area contributed by atoms with Crippen molar-refractivity contribution in [1.29, 1.82) is 0 Å². The topological polar surface area (TPSA) is 73.6 Å². The molecule has 3 N–H and O–H groups in total. The first-order chi connectivity index (χ1) is 8.84.